The molecule has 144 valence electrons. The summed E-state index contributed by atoms with van der Waals surface area (Å²) in [6, 6.07) is 23.9. The van der Waals surface area contributed by atoms with E-state index in [1.165, 1.54) is 38.5 Å². The van der Waals surface area contributed by atoms with Gasteiger partial charge in [0.05, 0.1) is 0 Å². The number of hydrogen-bond acceptors (Lipinski definition) is 1. The van der Waals surface area contributed by atoms with Crippen molar-refractivity contribution in [3.63, 3.8) is 0 Å². The van der Waals surface area contributed by atoms with E-state index in [4.69, 9.17) is 0 Å². The zero-order chi connectivity index (χ0) is 18.0. The summed E-state index contributed by atoms with van der Waals surface area (Å²) in [4.78, 5) is 11.0. The van der Waals surface area contributed by atoms with Gasteiger partial charge in [-0.05, 0) is 0 Å². The van der Waals surface area contributed by atoms with Crippen LogP contribution in [0.1, 0.15) is 6.92 Å². The molecule has 3 heteroatoms. The topological polar surface area (TPSA) is 0 Å². The standard InChI is InChI=1S/C20H20PS.C5H5.Fe/c1-16(22-2)19-14-9-15-20(19)21(17-10-5-3-6-11-17)18-12-7-4-8-13-18;1-2-4-5-3-1;/h3-16H,1-2H3;1-5H;. The average Bonchev–Trinajstić information content (AvgIpc) is 3.69. The van der Waals surface area contributed by atoms with Crippen LogP contribution in [-0.4, -0.2) is 15.6 Å². The molecule has 10 aliphatic rings. The number of rotatable bonds is 5. The third-order valence-corrected chi connectivity index (χ3v) is 69.7. The molecule has 2 aromatic rings. The quantitative estimate of drug-likeness (QED) is 0.373. The second-order valence-electron chi connectivity index (χ2n) is 13.7. The minimum atomic E-state index is -3.41. The number of thioether (sulfide) groups is 1. The molecule has 12 rings (SSSR count). The van der Waals surface area contributed by atoms with Crippen molar-refractivity contribution in [2.24, 2.45) is 0 Å². The third kappa shape index (κ3) is 0.225. The fourth-order valence-electron chi connectivity index (χ4n) is 20.3. The second-order valence-corrected chi connectivity index (χ2v) is 40.9. The van der Waals surface area contributed by atoms with Gasteiger partial charge in [-0.3, -0.25) is 0 Å². The van der Waals surface area contributed by atoms with Gasteiger partial charge in [0.1, 0.15) is 0 Å². The van der Waals surface area contributed by atoms with Crippen LogP contribution in [0, 0.1) is 0 Å². The fraction of sp³-hybridized carbons (Fsp3) is 0.520. The first-order valence-electron chi connectivity index (χ1n) is 11.1. The number of hydrogen-bond donors (Lipinski definition) is 0. The summed E-state index contributed by atoms with van der Waals surface area (Å²) >= 11 is 2.28. The van der Waals surface area contributed by atoms with Gasteiger partial charge < -0.3 is 0 Å². The van der Waals surface area contributed by atoms with Crippen molar-refractivity contribution in [3.05, 3.63) is 60.7 Å². The molecule has 6 unspecified atom stereocenters. The van der Waals surface area contributed by atoms with Gasteiger partial charge in [0.25, 0.3) is 0 Å². The Kier molecular flexibility index (Phi) is 0.777. The van der Waals surface area contributed by atoms with Gasteiger partial charge in [0.2, 0.25) is 0 Å². The summed E-state index contributed by atoms with van der Waals surface area (Å²) in [5, 5.41) is 4.43. The van der Waals surface area contributed by atoms with Gasteiger partial charge in [0, 0.05) is 0 Å². The third-order valence-electron chi connectivity index (χ3n) is 18.2. The molecule has 2 aromatic carbocycles. The number of benzene rings is 2. The van der Waals surface area contributed by atoms with Crippen molar-refractivity contribution in [2.45, 2.75) is 59.1 Å². The molecule has 10 fully saturated rings. The fourth-order valence-corrected chi connectivity index (χ4v) is 115. The SMILES string of the molecule is CSC(C)[C]12[CH]3[CH]4[CH]5[C]1(P(c1ccccc1)c1ccccc1)[Fe]43521678[CH]2[CH]1[CH]6[CH]7[CH]28. The van der Waals surface area contributed by atoms with Crippen LogP contribution in [0.4, 0.5) is 0 Å². The molecular formula is C25H25FePS. The molecule has 0 aliphatic carbocycles. The molecule has 10 saturated heterocycles. The molecular weight excluding hydrogens is 419 g/mol. The zero-order valence-corrected chi connectivity index (χ0v) is 19.0. The summed E-state index contributed by atoms with van der Waals surface area (Å²) in [5.74, 6) is 0. The Morgan fingerprint density at radius 1 is 0.786 bits per heavy atom. The first-order chi connectivity index (χ1) is 13.5. The monoisotopic (exact) mass is 444 g/mol. The predicted molar refractivity (Wildman–Crippen MR) is 117 cm³/mol. The maximum absolute atomic E-state index is 3.41. The summed E-state index contributed by atoms with van der Waals surface area (Å²) in [7, 11) is -0.168. The molecule has 0 nitrogen and oxygen atoms in total. The number of fused-ring (bicyclic) bond motifs is 10. The zero-order valence-electron chi connectivity index (χ0n) is 16.2. The van der Waals surface area contributed by atoms with Gasteiger partial charge in [-0.25, -0.2) is 0 Å². The van der Waals surface area contributed by atoms with Crippen LogP contribution in [0.25, 0.3) is 0 Å². The molecule has 0 N–H and O–H groups in total. The van der Waals surface area contributed by atoms with E-state index in [-0.39, 0.29) is 7.92 Å². The summed E-state index contributed by atoms with van der Waals surface area (Å²) < 4.78 is 1.80. The molecule has 1 spiro atoms. The van der Waals surface area contributed by atoms with E-state index in [9.17, 15) is 0 Å². The van der Waals surface area contributed by atoms with Crippen LogP contribution in [0.2, 0.25) is 42.8 Å². The first-order valence-corrected chi connectivity index (χ1v) is 20.0. The summed E-state index contributed by atoms with van der Waals surface area (Å²) in [6.07, 6.45) is 2.46. The normalized spacial score (nSPS) is 80.8. The first kappa shape index (κ1) is 13.2. The Morgan fingerprint density at radius 2 is 1.29 bits per heavy atom. The van der Waals surface area contributed by atoms with E-state index >= 15 is 0 Å². The van der Waals surface area contributed by atoms with E-state index in [0.717, 1.165) is 13.6 Å². The molecule has 10 heterocycles. The second kappa shape index (κ2) is 1.65. The summed E-state index contributed by atoms with van der Waals surface area (Å²) in [6.45, 7) is -0.708. The van der Waals surface area contributed by atoms with Crippen LogP contribution < -0.4 is 10.6 Å². The van der Waals surface area contributed by atoms with Crippen LogP contribution >= 0.6 is 19.7 Å². The van der Waals surface area contributed by atoms with Gasteiger partial charge in [-0.1, -0.05) is 0 Å². The van der Waals surface area contributed by atoms with Crippen molar-refractivity contribution >= 4 is 30.3 Å². The van der Waals surface area contributed by atoms with Crippen LogP contribution in [0.5, 0.6) is 0 Å². The van der Waals surface area contributed by atoms with Crippen molar-refractivity contribution in [2.75, 3.05) is 6.26 Å². The van der Waals surface area contributed by atoms with Gasteiger partial charge >= 0.3 is 163 Å². The van der Waals surface area contributed by atoms with Crippen molar-refractivity contribution < 1.29 is 6.51 Å². The molecule has 10 aliphatic heterocycles. The van der Waals surface area contributed by atoms with E-state index < -0.39 is 6.51 Å². The molecule has 0 saturated carbocycles. The van der Waals surface area contributed by atoms with Crippen molar-refractivity contribution in [1.82, 2.24) is 0 Å². The molecule has 0 amide bonds. The molecule has 0 radical (unpaired) electrons. The summed E-state index contributed by atoms with van der Waals surface area (Å²) in [5.41, 5.74) is 0. The van der Waals surface area contributed by atoms with E-state index in [1.807, 2.05) is 0 Å². The van der Waals surface area contributed by atoms with Crippen LogP contribution in [0.15, 0.2) is 60.7 Å². The van der Waals surface area contributed by atoms with Crippen LogP contribution in [-0.2, 0) is 6.51 Å². The Labute approximate surface area is 162 Å². The average molecular weight is 444 g/mol. The molecule has 6 atom stereocenters. The van der Waals surface area contributed by atoms with Gasteiger partial charge in [0.15, 0.2) is 0 Å². The van der Waals surface area contributed by atoms with E-state index in [0.29, 0.717) is 0 Å². The van der Waals surface area contributed by atoms with Crippen molar-refractivity contribution in [1.29, 1.82) is 0 Å². The Morgan fingerprint density at radius 3 is 1.68 bits per heavy atom. The maximum atomic E-state index is 2.71. The predicted octanol–water partition coefficient (Wildman–Crippen LogP) is 6.54. The van der Waals surface area contributed by atoms with Crippen molar-refractivity contribution in [3.8, 4) is 0 Å². The van der Waals surface area contributed by atoms with Gasteiger partial charge in [-0.2, -0.15) is 0 Å². The Bertz CT molecular complexity index is 1510. The molecule has 28 heavy (non-hydrogen) atoms. The minimum absolute atomic E-state index is 0.168. The van der Waals surface area contributed by atoms with Crippen LogP contribution in [0.3, 0.4) is 0 Å². The van der Waals surface area contributed by atoms with Gasteiger partial charge in [-0.15, -0.1) is 0 Å². The Hall–Kier alpha value is -0.261. The van der Waals surface area contributed by atoms with E-state index in [1.54, 1.807) is 10.6 Å². The molecule has 0 aromatic heterocycles. The molecule has 0 bridgehead atoms. The van der Waals surface area contributed by atoms with E-state index in [2.05, 4.69) is 85.6 Å². The Balaban J connectivity index is 1.30.